The summed E-state index contributed by atoms with van der Waals surface area (Å²) in [4.78, 5) is 22.4. The van der Waals surface area contributed by atoms with Crippen LogP contribution in [0.2, 0.25) is 0 Å². The standard InChI is InChI=1S/C19H23N5O/c1-23-9-7-20-18(23)13-24-8-6-14(12-24)11-21-19(25)17-10-15-4-2-3-5-16(15)22-17/h2-5,7,9-10,14,22H,6,8,11-13H2,1H3,(H,21,25)/t14-/m1/s1. The number of H-pyrrole nitrogens is 1. The van der Waals surface area contributed by atoms with Crippen LogP contribution in [0.1, 0.15) is 22.7 Å². The summed E-state index contributed by atoms with van der Waals surface area (Å²) in [5.74, 6) is 1.55. The number of carbonyl (C=O) groups is 1. The molecule has 2 aromatic heterocycles. The van der Waals surface area contributed by atoms with Gasteiger partial charge in [-0.1, -0.05) is 18.2 Å². The molecular formula is C19H23N5O. The lowest BCUT2D eigenvalue weighted by Crippen LogP contribution is -2.31. The number of imidazole rings is 1. The van der Waals surface area contributed by atoms with E-state index in [1.807, 2.05) is 49.8 Å². The Kier molecular flexibility index (Phi) is 4.28. The average molecular weight is 337 g/mol. The maximum Gasteiger partial charge on any atom is 0.267 e. The Bertz CT molecular complexity index is 848. The van der Waals surface area contributed by atoms with Gasteiger partial charge in [0.05, 0.1) is 6.54 Å². The lowest BCUT2D eigenvalue weighted by Gasteiger charge is -2.16. The molecule has 130 valence electrons. The van der Waals surface area contributed by atoms with E-state index in [9.17, 15) is 4.79 Å². The van der Waals surface area contributed by atoms with Crippen molar-refractivity contribution in [3.63, 3.8) is 0 Å². The molecule has 1 aliphatic rings. The fourth-order valence-corrected chi connectivity index (χ4v) is 3.50. The fourth-order valence-electron chi connectivity index (χ4n) is 3.50. The van der Waals surface area contributed by atoms with Crippen LogP contribution in [0, 0.1) is 5.92 Å². The van der Waals surface area contributed by atoms with Gasteiger partial charge in [0.1, 0.15) is 11.5 Å². The number of rotatable bonds is 5. The highest BCUT2D eigenvalue weighted by Crippen LogP contribution is 2.18. The second-order valence-electron chi connectivity index (χ2n) is 6.82. The zero-order valence-electron chi connectivity index (χ0n) is 14.4. The molecule has 1 fully saturated rings. The van der Waals surface area contributed by atoms with Crippen molar-refractivity contribution in [2.75, 3.05) is 19.6 Å². The number of aryl methyl sites for hydroxylation is 1. The van der Waals surface area contributed by atoms with Gasteiger partial charge >= 0.3 is 0 Å². The van der Waals surface area contributed by atoms with Crippen LogP contribution in [-0.2, 0) is 13.6 Å². The van der Waals surface area contributed by atoms with Crippen molar-refractivity contribution < 1.29 is 4.79 Å². The van der Waals surface area contributed by atoms with Gasteiger partial charge in [-0.15, -0.1) is 0 Å². The molecule has 1 atom stereocenters. The Morgan fingerprint density at radius 3 is 3.08 bits per heavy atom. The molecule has 0 spiro atoms. The van der Waals surface area contributed by atoms with E-state index < -0.39 is 0 Å². The van der Waals surface area contributed by atoms with Crippen molar-refractivity contribution in [3.8, 4) is 0 Å². The molecule has 6 heteroatoms. The summed E-state index contributed by atoms with van der Waals surface area (Å²) in [6.45, 7) is 3.64. The number of amides is 1. The first-order valence-corrected chi connectivity index (χ1v) is 8.73. The molecule has 1 amide bonds. The van der Waals surface area contributed by atoms with Gasteiger partial charge in [-0.2, -0.15) is 0 Å². The number of nitrogens with one attached hydrogen (secondary N) is 2. The molecule has 0 unspecified atom stereocenters. The zero-order valence-corrected chi connectivity index (χ0v) is 14.4. The predicted octanol–water partition coefficient (Wildman–Crippen LogP) is 2.15. The summed E-state index contributed by atoms with van der Waals surface area (Å²) in [5, 5.41) is 4.14. The van der Waals surface area contributed by atoms with E-state index in [1.54, 1.807) is 0 Å². The van der Waals surface area contributed by atoms with E-state index in [1.165, 1.54) is 0 Å². The lowest BCUT2D eigenvalue weighted by molar-refractivity contribution is 0.0943. The topological polar surface area (TPSA) is 66.0 Å². The van der Waals surface area contributed by atoms with Gasteiger partial charge < -0.3 is 14.9 Å². The molecular weight excluding hydrogens is 314 g/mol. The third-order valence-electron chi connectivity index (χ3n) is 4.98. The average Bonchev–Trinajstić information content (AvgIpc) is 3.33. The van der Waals surface area contributed by atoms with Crippen LogP contribution >= 0.6 is 0 Å². The van der Waals surface area contributed by atoms with Gasteiger partial charge in [-0.3, -0.25) is 9.69 Å². The van der Waals surface area contributed by atoms with Crippen molar-refractivity contribution in [1.82, 2.24) is 24.8 Å². The van der Waals surface area contributed by atoms with Crippen LogP contribution in [0.25, 0.3) is 10.9 Å². The normalized spacial score (nSPS) is 18.0. The molecule has 6 nitrogen and oxygen atoms in total. The molecule has 0 saturated carbocycles. The van der Waals surface area contributed by atoms with Crippen LogP contribution in [0.5, 0.6) is 0 Å². The minimum absolute atomic E-state index is 0.0289. The van der Waals surface area contributed by atoms with E-state index in [0.717, 1.165) is 42.8 Å². The quantitative estimate of drug-likeness (QED) is 0.750. The summed E-state index contributed by atoms with van der Waals surface area (Å²) in [6.07, 6.45) is 4.92. The number of aromatic nitrogens is 3. The number of hydrogen-bond donors (Lipinski definition) is 2. The third kappa shape index (κ3) is 3.44. The lowest BCUT2D eigenvalue weighted by atomic mass is 10.1. The molecule has 4 rings (SSSR count). The molecule has 25 heavy (non-hydrogen) atoms. The number of likely N-dealkylation sites (tertiary alicyclic amines) is 1. The van der Waals surface area contributed by atoms with Crippen molar-refractivity contribution in [1.29, 1.82) is 0 Å². The van der Waals surface area contributed by atoms with E-state index in [0.29, 0.717) is 18.2 Å². The Labute approximate surface area is 146 Å². The number of para-hydroxylation sites is 1. The molecule has 3 heterocycles. The molecule has 0 radical (unpaired) electrons. The second-order valence-corrected chi connectivity index (χ2v) is 6.82. The Balaban J connectivity index is 1.30. The minimum Gasteiger partial charge on any atom is -0.351 e. The number of fused-ring (bicyclic) bond motifs is 1. The molecule has 1 aliphatic heterocycles. The van der Waals surface area contributed by atoms with Crippen LogP contribution in [0.4, 0.5) is 0 Å². The summed E-state index contributed by atoms with van der Waals surface area (Å²) in [6, 6.07) is 9.85. The Hall–Kier alpha value is -2.60. The first-order chi connectivity index (χ1) is 12.2. The first-order valence-electron chi connectivity index (χ1n) is 8.73. The van der Waals surface area contributed by atoms with Gasteiger partial charge in [-0.25, -0.2) is 4.98 Å². The van der Waals surface area contributed by atoms with E-state index in [4.69, 9.17) is 0 Å². The molecule has 2 N–H and O–H groups in total. The van der Waals surface area contributed by atoms with Crippen LogP contribution < -0.4 is 5.32 Å². The Morgan fingerprint density at radius 2 is 2.28 bits per heavy atom. The number of benzene rings is 1. The van der Waals surface area contributed by atoms with Crippen molar-refractivity contribution >= 4 is 16.8 Å². The van der Waals surface area contributed by atoms with Crippen molar-refractivity contribution in [2.45, 2.75) is 13.0 Å². The molecule has 0 aliphatic carbocycles. The zero-order chi connectivity index (χ0) is 17.2. The van der Waals surface area contributed by atoms with Crippen LogP contribution in [0.15, 0.2) is 42.7 Å². The van der Waals surface area contributed by atoms with Crippen molar-refractivity contribution in [3.05, 3.63) is 54.2 Å². The van der Waals surface area contributed by atoms with Gasteiger partial charge in [0.15, 0.2) is 0 Å². The fraction of sp³-hybridized carbons (Fsp3) is 0.368. The summed E-state index contributed by atoms with van der Waals surface area (Å²) >= 11 is 0. The van der Waals surface area contributed by atoms with Gasteiger partial charge in [0.25, 0.3) is 5.91 Å². The van der Waals surface area contributed by atoms with E-state index in [2.05, 4.69) is 24.8 Å². The smallest absolute Gasteiger partial charge is 0.267 e. The van der Waals surface area contributed by atoms with Crippen molar-refractivity contribution in [2.24, 2.45) is 13.0 Å². The predicted molar refractivity (Wildman–Crippen MR) is 97.2 cm³/mol. The van der Waals surface area contributed by atoms with Gasteiger partial charge in [0, 0.05) is 43.4 Å². The minimum atomic E-state index is -0.0289. The second kappa shape index (κ2) is 6.72. The maximum atomic E-state index is 12.4. The highest BCUT2D eigenvalue weighted by Gasteiger charge is 2.24. The number of nitrogens with zero attached hydrogens (tertiary/aromatic N) is 3. The van der Waals surface area contributed by atoms with Crippen LogP contribution in [0.3, 0.4) is 0 Å². The Morgan fingerprint density at radius 1 is 1.40 bits per heavy atom. The summed E-state index contributed by atoms with van der Waals surface area (Å²) in [7, 11) is 2.02. The SMILES string of the molecule is Cn1ccnc1CN1CC[C@H](CNC(=O)c2cc3ccccc3[nH]2)C1. The largest absolute Gasteiger partial charge is 0.351 e. The molecule has 1 saturated heterocycles. The number of hydrogen-bond acceptors (Lipinski definition) is 3. The number of carbonyl (C=O) groups excluding carboxylic acids is 1. The van der Waals surface area contributed by atoms with E-state index in [-0.39, 0.29) is 5.91 Å². The summed E-state index contributed by atoms with van der Waals surface area (Å²) < 4.78 is 2.06. The summed E-state index contributed by atoms with van der Waals surface area (Å²) in [5.41, 5.74) is 1.62. The molecule has 1 aromatic carbocycles. The van der Waals surface area contributed by atoms with Gasteiger partial charge in [-0.05, 0) is 31.0 Å². The molecule has 3 aromatic rings. The first kappa shape index (κ1) is 15.9. The number of aromatic amines is 1. The highest BCUT2D eigenvalue weighted by molar-refractivity contribution is 5.97. The van der Waals surface area contributed by atoms with Crippen LogP contribution in [-0.4, -0.2) is 45.0 Å². The van der Waals surface area contributed by atoms with E-state index >= 15 is 0 Å². The highest BCUT2D eigenvalue weighted by atomic mass is 16.1. The maximum absolute atomic E-state index is 12.4. The monoisotopic (exact) mass is 337 g/mol. The molecule has 0 bridgehead atoms. The third-order valence-corrected chi connectivity index (χ3v) is 4.98. The van der Waals surface area contributed by atoms with Gasteiger partial charge in [0.2, 0.25) is 0 Å².